The van der Waals surface area contributed by atoms with Crippen molar-refractivity contribution >= 4 is 5.97 Å². The molecule has 80 valence electrons. The molecule has 0 bridgehead atoms. The van der Waals surface area contributed by atoms with Crippen LogP contribution in [0.5, 0.6) is 0 Å². The highest BCUT2D eigenvalue weighted by Crippen LogP contribution is 2.46. The first-order valence-electron chi connectivity index (χ1n) is 5.14. The zero-order valence-electron chi connectivity index (χ0n) is 8.77. The minimum atomic E-state index is -0.285. The van der Waals surface area contributed by atoms with Gasteiger partial charge in [0.15, 0.2) is 0 Å². The Balaban J connectivity index is 2.08. The Morgan fingerprint density at radius 1 is 1.47 bits per heavy atom. The van der Waals surface area contributed by atoms with Crippen LogP contribution >= 0.6 is 0 Å². The normalized spacial score (nSPS) is 23.6. The van der Waals surface area contributed by atoms with Crippen LogP contribution in [0.1, 0.15) is 28.3 Å². The molecule has 1 aromatic carbocycles. The van der Waals surface area contributed by atoms with E-state index in [9.17, 15) is 4.79 Å². The minimum Gasteiger partial charge on any atom is -0.465 e. The lowest BCUT2D eigenvalue weighted by Gasteiger charge is -2.02. The topological polar surface area (TPSA) is 52.3 Å². The summed E-state index contributed by atoms with van der Waals surface area (Å²) in [6.07, 6.45) is 1.17. The van der Waals surface area contributed by atoms with Gasteiger partial charge in [0, 0.05) is 0 Å². The van der Waals surface area contributed by atoms with Gasteiger partial charge in [-0.05, 0) is 42.5 Å². The maximum atomic E-state index is 11.2. The van der Waals surface area contributed by atoms with Crippen LogP contribution in [-0.2, 0) is 4.74 Å². The molecule has 2 atom stereocenters. The summed E-state index contributed by atoms with van der Waals surface area (Å²) in [6.45, 7) is 0.753. The van der Waals surface area contributed by atoms with E-state index in [0.29, 0.717) is 17.4 Å². The molecule has 3 nitrogen and oxygen atoms in total. The Kier molecular flexibility index (Phi) is 2.73. The van der Waals surface area contributed by atoms with Gasteiger partial charge in [-0.25, -0.2) is 4.79 Å². The third-order valence-corrected chi connectivity index (χ3v) is 2.99. The van der Waals surface area contributed by atoms with Gasteiger partial charge in [-0.3, -0.25) is 0 Å². The summed E-state index contributed by atoms with van der Waals surface area (Å²) in [4.78, 5) is 11.2. The van der Waals surface area contributed by atoms with Crippen molar-refractivity contribution in [1.82, 2.24) is 0 Å². The Labute approximate surface area is 89.2 Å². The molecule has 1 aliphatic rings. The van der Waals surface area contributed by atoms with E-state index >= 15 is 0 Å². The van der Waals surface area contributed by atoms with E-state index < -0.39 is 0 Å². The molecule has 1 aliphatic carbocycles. The van der Waals surface area contributed by atoms with Crippen molar-refractivity contribution in [2.24, 2.45) is 11.7 Å². The lowest BCUT2D eigenvalue weighted by atomic mass is 10.1. The number of rotatable bonds is 3. The summed E-state index contributed by atoms with van der Waals surface area (Å²) in [5.41, 5.74) is 7.47. The summed E-state index contributed by atoms with van der Waals surface area (Å²) in [5.74, 6) is 0.948. The van der Waals surface area contributed by atoms with Crippen LogP contribution in [0.2, 0.25) is 0 Å². The van der Waals surface area contributed by atoms with Crippen molar-refractivity contribution in [3.63, 3.8) is 0 Å². The third-order valence-electron chi connectivity index (χ3n) is 2.99. The molecule has 1 fully saturated rings. The molecular formula is C12H15NO2. The van der Waals surface area contributed by atoms with Crippen molar-refractivity contribution in [2.75, 3.05) is 13.7 Å². The van der Waals surface area contributed by atoms with E-state index in [1.807, 2.05) is 24.3 Å². The number of hydrogen-bond acceptors (Lipinski definition) is 3. The van der Waals surface area contributed by atoms with Crippen LogP contribution in [0.25, 0.3) is 0 Å². The molecule has 3 heteroatoms. The predicted molar refractivity (Wildman–Crippen MR) is 57.7 cm³/mol. The van der Waals surface area contributed by atoms with Crippen LogP contribution in [0.15, 0.2) is 24.3 Å². The Morgan fingerprint density at radius 2 is 2.13 bits per heavy atom. The van der Waals surface area contributed by atoms with E-state index in [0.717, 1.165) is 6.54 Å². The molecule has 0 aromatic heterocycles. The quantitative estimate of drug-likeness (QED) is 0.761. The Hall–Kier alpha value is -1.35. The lowest BCUT2D eigenvalue weighted by molar-refractivity contribution is 0.0600. The highest BCUT2D eigenvalue weighted by molar-refractivity contribution is 5.89. The second-order valence-electron chi connectivity index (χ2n) is 3.95. The molecule has 0 heterocycles. The zero-order valence-corrected chi connectivity index (χ0v) is 8.77. The van der Waals surface area contributed by atoms with Gasteiger partial charge < -0.3 is 10.5 Å². The molecule has 0 amide bonds. The number of ether oxygens (including phenoxy) is 1. The predicted octanol–water partition coefficient (Wildman–Crippen LogP) is 1.54. The van der Waals surface area contributed by atoms with Crippen molar-refractivity contribution in [3.8, 4) is 0 Å². The molecule has 2 unspecified atom stereocenters. The molecule has 2 N–H and O–H groups in total. The second-order valence-corrected chi connectivity index (χ2v) is 3.95. The van der Waals surface area contributed by atoms with Crippen LogP contribution in [0, 0.1) is 5.92 Å². The molecule has 1 saturated carbocycles. The smallest absolute Gasteiger partial charge is 0.337 e. The Morgan fingerprint density at radius 3 is 2.60 bits per heavy atom. The van der Waals surface area contributed by atoms with E-state index in [-0.39, 0.29) is 5.97 Å². The van der Waals surface area contributed by atoms with Crippen molar-refractivity contribution < 1.29 is 9.53 Å². The number of benzene rings is 1. The van der Waals surface area contributed by atoms with Gasteiger partial charge in [-0.15, -0.1) is 0 Å². The number of nitrogens with two attached hydrogens (primary N) is 1. The summed E-state index contributed by atoms with van der Waals surface area (Å²) in [7, 11) is 1.39. The SMILES string of the molecule is COC(=O)c1ccc(C2CC2CN)cc1. The van der Waals surface area contributed by atoms with Crippen molar-refractivity contribution in [1.29, 1.82) is 0 Å². The largest absolute Gasteiger partial charge is 0.465 e. The van der Waals surface area contributed by atoms with E-state index in [1.54, 1.807) is 0 Å². The molecule has 0 radical (unpaired) electrons. The standard InChI is InChI=1S/C12H15NO2/c1-15-12(14)9-4-2-8(3-5-9)11-6-10(11)7-13/h2-5,10-11H,6-7,13H2,1H3. The van der Waals surface area contributed by atoms with Crippen molar-refractivity contribution in [3.05, 3.63) is 35.4 Å². The number of carbonyl (C=O) groups is 1. The summed E-state index contributed by atoms with van der Waals surface area (Å²) >= 11 is 0. The van der Waals surface area contributed by atoms with Crippen LogP contribution in [0.3, 0.4) is 0 Å². The van der Waals surface area contributed by atoms with Crippen LogP contribution in [-0.4, -0.2) is 19.6 Å². The molecule has 0 aliphatic heterocycles. The zero-order chi connectivity index (χ0) is 10.8. The fourth-order valence-corrected chi connectivity index (χ4v) is 1.90. The summed E-state index contributed by atoms with van der Waals surface area (Å²) in [5, 5.41) is 0. The van der Waals surface area contributed by atoms with Gasteiger partial charge >= 0.3 is 5.97 Å². The molecule has 15 heavy (non-hydrogen) atoms. The van der Waals surface area contributed by atoms with Crippen LogP contribution in [0.4, 0.5) is 0 Å². The summed E-state index contributed by atoms with van der Waals surface area (Å²) in [6, 6.07) is 7.61. The van der Waals surface area contributed by atoms with Gasteiger partial charge in [-0.2, -0.15) is 0 Å². The Bertz CT molecular complexity index is 358. The van der Waals surface area contributed by atoms with Gasteiger partial charge in [0.2, 0.25) is 0 Å². The highest BCUT2D eigenvalue weighted by atomic mass is 16.5. The van der Waals surface area contributed by atoms with Gasteiger partial charge in [0.25, 0.3) is 0 Å². The second kappa shape index (κ2) is 4.03. The van der Waals surface area contributed by atoms with Gasteiger partial charge in [0.05, 0.1) is 12.7 Å². The first-order chi connectivity index (χ1) is 7.26. The van der Waals surface area contributed by atoms with E-state index in [2.05, 4.69) is 4.74 Å². The molecule has 2 rings (SSSR count). The fourth-order valence-electron chi connectivity index (χ4n) is 1.90. The van der Waals surface area contributed by atoms with Gasteiger partial charge in [0.1, 0.15) is 0 Å². The van der Waals surface area contributed by atoms with Crippen LogP contribution < -0.4 is 5.73 Å². The number of hydrogen-bond donors (Lipinski definition) is 1. The number of carbonyl (C=O) groups excluding carboxylic acids is 1. The number of methoxy groups -OCH3 is 1. The average molecular weight is 205 g/mol. The lowest BCUT2D eigenvalue weighted by Crippen LogP contribution is -2.03. The molecule has 1 aromatic rings. The van der Waals surface area contributed by atoms with Gasteiger partial charge in [-0.1, -0.05) is 12.1 Å². The minimum absolute atomic E-state index is 0.285. The maximum Gasteiger partial charge on any atom is 0.337 e. The first-order valence-corrected chi connectivity index (χ1v) is 5.14. The fraction of sp³-hybridized carbons (Fsp3) is 0.417. The third kappa shape index (κ3) is 2.02. The highest BCUT2D eigenvalue weighted by Gasteiger charge is 2.36. The average Bonchev–Trinajstić information content (AvgIpc) is 3.07. The van der Waals surface area contributed by atoms with E-state index in [4.69, 9.17) is 5.73 Å². The molecular weight excluding hydrogens is 190 g/mol. The first kappa shape index (κ1) is 10.2. The summed E-state index contributed by atoms with van der Waals surface area (Å²) < 4.78 is 4.64. The molecule has 0 saturated heterocycles. The number of esters is 1. The van der Waals surface area contributed by atoms with Crippen molar-refractivity contribution in [2.45, 2.75) is 12.3 Å². The van der Waals surface area contributed by atoms with E-state index in [1.165, 1.54) is 19.1 Å². The monoisotopic (exact) mass is 205 g/mol. The molecule has 0 spiro atoms. The maximum absolute atomic E-state index is 11.2.